The fourth-order valence-corrected chi connectivity index (χ4v) is 1.46. The quantitative estimate of drug-likeness (QED) is 0.496. The second-order valence-corrected chi connectivity index (χ2v) is 3.66. The molecule has 0 radical (unpaired) electrons. The van der Waals surface area contributed by atoms with Crippen molar-refractivity contribution in [3.05, 3.63) is 35.7 Å². The van der Waals surface area contributed by atoms with Gasteiger partial charge < -0.3 is 5.32 Å². The molecule has 2 aromatic rings. The van der Waals surface area contributed by atoms with Gasteiger partial charge in [-0.05, 0) is 6.42 Å². The van der Waals surface area contributed by atoms with Gasteiger partial charge in [-0.1, -0.05) is 0 Å². The molecule has 0 saturated carbocycles. The second kappa shape index (κ2) is 5.63. The van der Waals surface area contributed by atoms with Crippen molar-refractivity contribution in [1.29, 1.82) is 0 Å². The smallest absolute Gasteiger partial charge is 0.253 e. The summed E-state index contributed by atoms with van der Waals surface area (Å²) in [7, 11) is 0. The first-order chi connectivity index (χ1) is 9.09. The van der Waals surface area contributed by atoms with Crippen LogP contribution in [0.15, 0.2) is 6.33 Å². The molecule has 2 heterocycles. The van der Waals surface area contributed by atoms with Crippen LogP contribution < -0.4 is 5.32 Å². The molecule has 0 unspecified atom stereocenters. The SMILES string of the molecule is Fc1nc(F)c(F)c(NCCCc2ncn[nH]2)c1F. The summed E-state index contributed by atoms with van der Waals surface area (Å²) < 4.78 is 52.0. The number of aromatic amines is 1. The molecular weight excluding hydrogens is 266 g/mol. The summed E-state index contributed by atoms with van der Waals surface area (Å²) in [6.45, 7) is 0.109. The highest BCUT2D eigenvalue weighted by atomic mass is 19.2. The van der Waals surface area contributed by atoms with Gasteiger partial charge in [0.15, 0.2) is 0 Å². The normalized spacial score (nSPS) is 10.7. The van der Waals surface area contributed by atoms with E-state index in [1.165, 1.54) is 6.33 Å². The van der Waals surface area contributed by atoms with E-state index in [4.69, 9.17) is 0 Å². The molecule has 2 rings (SSSR count). The Morgan fingerprint density at radius 1 is 1.11 bits per heavy atom. The van der Waals surface area contributed by atoms with Crippen LogP contribution >= 0.6 is 0 Å². The van der Waals surface area contributed by atoms with Crippen LogP contribution in [0.4, 0.5) is 23.2 Å². The van der Waals surface area contributed by atoms with Crippen LogP contribution in [0.5, 0.6) is 0 Å². The van der Waals surface area contributed by atoms with Gasteiger partial charge in [-0.25, -0.2) is 4.98 Å². The fraction of sp³-hybridized carbons (Fsp3) is 0.300. The van der Waals surface area contributed by atoms with Gasteiger partial charge in [-0.15, -0.1) is 0 Å². The van der Waals surface area contributed by atoms with Gasteiger partial charge in [0.25, 0.3) is 11.9 Å². The molecule has 5 nitrogen and oxygen atoms in total. The van der Waals surface area contributed by atoms with Gasteiger partial charge in [0.05, 0.1) is 0 Å². The zero-order valence-corrected chi connectivity index (χ0v) is 9.55. The van der Waals surface area contributed by atoms with Crippen molar-refractivity contribution in [3.63, 3.8) is 0 Å². The van der Waals surface area contributed by atoms with Crippen molar-refractivity contribution in [1.82, 2.24) is 20.2 Å². The minimum Gasteiger partial charge on any atom is -0.380 e. The van der Waals surface area contributed by atoms with Crippen molar-refractivity contribution in [2.24, 2.45) is 0 Å². The van der Waals surface area contributed by atoms with Crippen LogP contribution in [-0.4, -0.2) is 26.7 Å². The molecule has 0 fully saturated rings. The van der Waals surface area contributed by atoms with Crippen LogP contribution in [0.1, 0.15) is 12.2 Å². The molecule has 9 heteroatoms. The van der Waals surface area contributed by atoms with E-state index >= 15 is 0 Å². The van der Waals surface area contributed by atoms with Gasteiger partial charge >= 0.3 is 0 Å². The predicted molar refractivity (Wildman–Crippen MR) is 57.3 cm³/mol. The molecule has 2 aromatic heterocycles. The van der Waals surface area contributed by atoms with E-state index in [2.05, 4.69) is 25.5 Å². The number of halogens is 4. The molecule has 0 amide bonds. The number of aromatic nitrogens is 4. The molecule has 0 saturated heterocycles. The van der Waals surface area contributed by atoms with Crippen LogP contribution in [0.3, 0.4) is 0 Å². The van der Waals surface area contributed by atoms with Gasteiger partial charge in [0, 0.05) is 13.0 Å². The van der Waals surface area contributed by atoms with Crippen LogP contribution in [0, 0.1) is 23.5 Å². The molecule has 102 valence electrons. The lowest BCUT2D eigenvalue weighted by atomic mass is 10.3. The van der Waals surface area contributed by atoms with Crippen LogP contribution in [0.2, 0.25) is 0 Å². The van der Waals surface area contributed by atoms with E-state index in [-0.39, 0.29) is 6.54 Å². The zero-order valence-electron chi connectivity index (χ0n) is 9.55. The molecule has 0 aromatic carbocycles. The Kier molecular flexibility index (Phi) is 3.93. The summed E-state index contributed by atoms with van der Waals surface area (Å²) in [5.74, 6) is -5.85. The molecule has 0 aliphatic carbocycles. The number of hydrogen-bond donors (Lipinski definition) is 2. The van der Waals surface area contributed by atoms with Crippen molar-refractivity contribution in [2.45, 2.75) is 12.8 Å². The molecule has 0 aliphatic heterocycles. The lowest BCUT2D eigenvalue weighted by Gasteiger charge is -2.08. The average molecular weight is 275 g/mol. The first kappa shape index (κ1) is 13.2. The summed E-state index contributed by atoms with van der Waals surface area (Å²) in [6.07, 6.45) is 2.25. The number of pyridine rings is 1. The fourth-order valence-electron chi connectivity index (χ4n) is 1.46. The van der Waals surface area contributed by atoms with Crippen LogP contribution in [-0.2, 0) is 6.42 Å². The Morgan fingerprint density at radius 3 is 2.37 bits per heavy atom. The number of anilines is 1. The lowest BCUT2D eigenvalue weighted by molar-refractivity contribution is 0.410. The average Bonchev–Trinajstić information content (AvgIpc) is 2.89. The Balaban J connectivity index is 1.96. The third-order valence-electron chi connectivity index (χ3n) is 2.35. The molecule has 0 bridgehead atoms. The van der Waals surface area contributed by atoms with Crippen molar-refractivity contribution >= 4 is 5.69 Å². The highest BCUT2D eigenvalue weighted by Crippen LogP contribution is 2.21. The van der Waals surface area contributed by atoms with Crippen LogP contribution in [0.25, 0.3) is 0 Å². The topological polar surface area (TPSA) is 66.5 Å². The Hall–Kier alpha value is -2.19. The van der Waals surface area contributed by atoms with E-state index < -0.39 is 29.2 Å². The van der Waals surface area contributed by atoms with Crippen molar-refractivity contribution < 1.29 is 17.6 Å². The number of nitrogens with zero attached hydrogens (tertiary/aromatic N) is 3. The van der Waals surface area contributed by atoms with Gasteiger partial charge in [-0.2, -0.15) is 27.6 Å². The van der Waals surface area contributed by atoms with Crippen molar-refractivity contribution in [2.75, 3.05) is 11.9 Å². The largest absolute Gasteiger partial charge is 0.380 e. The summed E-state index contributed by atoms with van der Waals surface area (Å²) in [5.41, 5.74) is -0.859. The monoisotopic (exact) mass is 275 g/mol. The first-order valence-electron chi connectivity index (χ1n) is 5.37. The first-order valence-corrected chi connectivity index (χ1v) is 5.37. The van der Waals surface area contributed by atoms with Crippen molar-refractivity contribution in [3.8, 4) is 0 Å². The summed E-state index contributed by atoms with van der Waals surface area (Å²) in [4.78, 5) is 6.31. The Labute approximate surface area is 105 Å². The third kappa shape index (κ3) is 2.98. The second-order valence-electron chi connectivity index (χ2n) is 3.66. The number of rotatable bonds is 5. The summed E-state index contributed by atoms with van der Waals surface area (Å²) in [5, 5.41) is 8.53. The van der Waals surface area contributed by atoms with E-state index in [1.807, 2.05) is 0 Å². The maximum absolute atomic E-state index is 13.2. The molecule has 0 atom stereocenters. The third-order valence-corrected chi connectivity index (χ3v) is 2.35. The highest BCUT2D eigenvalue weighted by Gasteiger charge is 2.20. The standard InChI is InChI=1S/C10H9F4N5/c11-6-8(7(12)10(14)18-9(6)13)15-3-1-2-5-16-4-17-19-5/h4H,1-3H2,(H,15,18)(H,16,17,19). The molecule has 0 spiro atoms. The van der Waals surface area contributed by atoms with Gasteiger partial charge in [0.1, 0.15) is 17.8 Å². The van der Waals surface area contributed by atoms with E-state index in [9.17, 15) is 17.6 Å². The van der Waals surface area contributed by atoms with E-state index in [0.717, 1.165) is 0 Å². The highest BCUT2D eigenvalue weighted by molar-refractivity contribution is 5.45. The van der Waals surface area contributed by atoms with E-state index in [1.54, 1.807) is 0 Å². The van der Waals surface area contributed by atoms with E-state index in [0.29, 0.717) is 18.7 Å². The minimum atomic E-state index is -1.68. The zero-order chi connectivity index (χ0) is 13.8. The number of aryl methyl sites for hydroxylation is 1. The Bertz CT molecular complexity index is 531. The molecular formula is C10H9F4N5. The minimum absolute atomic E-state index is 0.109. The molecule has 0 aliphatic rings. The summed E-state index contributed by atoms with van der Waals surface area (Å²) >= 11 is 0. The maximum Gasteiger partial charge on any atom is 0.253 e. The summed E-state index contributed by atoms with van der Waals surface area (Å²) in [6, 6.07) is 0. The number of hydrogen-bond acceptors (Lipinski definition) is 4. The maximum atomic E-state index is 13.2. The predicted octanol–water partition coefficient (Wildman–Crippen LogP) is 1.80. The molecule has 2 N–H and O–H groups in total. The van der Waals surface area contributed by atoms with Gasteiger partial charge in [0.2, 0.25) is 11.6 Å². The molecule has 19 heavy (non-hydrogen) atoms. The van der Waals surface area contributed by atoms with Gasteiger partial charge in [-0.3, -0.25) is 5.10 Å². The number of H-pyrrole nitrogens is 1. The number of nitrogens with one attached hydrogen (secondary N) is 2. The lowest BCUT2D eigenvalue weighted by Crippen LogP contribution is -2.11. The Morgan fingerprint density at radius 2 is 1.79 bits per heavy atom.